The standard InChI is InChI=1S/C19H13ClN2O4S/c20-12-4-3-5-14(10-12)27(24,25)22-13-8-9-17-15(11-13)19(23)21-16-6-1-2-7-18(16)26-17/h1-11,22H,(H,21,23). The zero-order valence-electron chi connectivity index (χ0n) is 13.8. The molecule has 4 rings (SSSR count). The molecule has 0 atom stereocenters. The number of para-hydroxylation sites is 2. The second-order valence-corrected chi connectivity index (χ2v) is 7.94. The van der Waals surface area contributed by atoms with Gasteiger partial charge in [-0.1, -0.05) is 29.8 Å². The molecular formula is C19H13ClN2O4S. The number of fused-ring (bicyclic) bond motifs is 2. The van der Waals surface area contributed by atoms with E-state index in [0.29, 0.717) is 22.2 Å². The Morgan fingerprint density at radius 3 is 2.56 bits per heavy atom. The van der Waals surface area contributed by atoms with Crippen molar-refractivity contribution in [2.75, 3.05) is 10.0 Å². The highest BCUT2D eigenvalue weighted by molar-refractivity contribution is 7.92. The number of rotatable bonds is 3. The molecule has 8 heteroatoms. The van der Waals surface area contributed by atoms with Gasteiger partial charge in [-0.25, -0.2) is 8.42 Å². The Morgan fingerprint density at radius 1 is 0.926 bits per heavy atom. The first-order valence-corrected chi connectivity index (χ1v) is 9.79. The van der Waals surface area contributed by atoms with E-state index in [0.717, 1.165) is 0 Å². The van der Waals surface area contributed by atoms with Crippen LogP contribution in [0, 0.1) is 0 Å². The second kappa shape index (κ2) is 6.61. The molecule has 0 saturated heterocycles. The van der Waals surface area contributed by atoms with E-state index in [1.165, 1.54) is 24.3 Å². The lowest BCUT2D eigenvalue weighted by Gasteiger charge is -2.11. The minimum atomic E-state index is -3.85. The molecule has 0 unspecified atom stereocenters. The number of halogens is 1. The minimum absolute atomic E-state index is 0.0260. The van der Waals surface area contributed by atoms with E-state index < -0.39 is 15.9 Å². The third-order valence-electron chi connectivity index (χ3n) is 3.94. The second-order valence-electron chi connectivity index (χ2n) is 5.83. The molecule has 0 saturated carbocycles. The van der Waals surface area contributed by atoms with Gasteiger partial charge < -0.3 is 10.1 Å². The smallest absolute Gasteiger partial charge is 0.261 e. The molecule has 0 bridgehead atoms. The first-order valence-electron chi connectivity index (χ1n) is 7.93. The van der Waals surface area contributed by atoms with E-state index in [4.69, 9.17) is 16.3 Å². The molecule has 1 aliphatic heterocycles. The maximum atomic E-state index is 12.5. The van der Waals surface area contributed by atoms with Gasteiger partial charge in [-0.15, -0.1) is 0 Å². The number of sulfonamides is 1. The van der Waals surface area contributed by atoms with E-state index in [9.17, 15) is 13.2 Å². The van der Waals surface area contributed by atoms with Gasteiger partial charge in [-0.05, 0) is 48.5 Å². The Hall–Kier alpha value is -3.03. The highest BCUT2D eigenvalue weighted by atomic mass is 35.5. The number of carbonyl (C=O) groups excluding carboxylic acids is 1. The first kappa shape index (κ1) is 17.4. The van der Waals surface area contributed by atoms with Crippen LogP contribution in [0.2, 0.25) is 5.02 Å². The van der Waals surface area contributed by atoms with Crippen molar-refractivity contribution in [1.29, 1.82) is 0 Å². The molecule has 0 aromatic heterocycles. The van der Waals surface area contributed by atoms with Crippen LogP contribution in [0.25, 0.3) is 0 Å². The van der Waals surface area contributed by atoms with Crippen LogP contribution < -0.4 is 14.8 Å². The van der Waals surface area contributed by atoms with Gasteiger partial charge >= 0.3 is 0 Å². The van der Waals surface area contributed by atoms with Crippen molar-refractivity contribution in [2.45, 2.75) is 4.90 Å². The largest absolute Gasteiger partial charge is 0.454 e. The number of nitrogens with one attached hydrogen (secondary N) is 2. The molecule has 0 fully saturated rings. The first-order chi connectivity index (χ1) is 12.9. The van der Waals surface area contributed by atoms with E-state index >= 15 is 0 Å². The van der Waals surface area contributed by atoms with Crippen LogP contribution in [0.5, 0.6) is 11.5 Å². The van der Waals surface area contributed by atoms with Crippen molar-refractivity contribution < 1.29 is 17.9 Å². The van der Waals surface area contributed by atoms with Crippen molar-refractivity contribution in [3.8, 4) is 11.5 Å². The van der Waals surface area contributed by atoms with Crippen LogP contribution >= 0.6 is 11.6 Å². The summed E-state index contributed by atoms with van der Waals surface area (Å²) in [5.74, 6) is 0.457. The number of benzene rings is 3. The SMILES string of the molecule is O=C1Nc2ccccc2Oc2ccc(NS(=O)(=O)c3cccc(Cl)c3)cc21. The van der Waals surface area contributed by atoms with Gasteiger partial charge in [0.05, 0.1) is 16.1 Å². The summed E-state index contributed by atoms with van der Waals surface area (Å²) >= 11 is 5.87. The quantitative estimate of drug-likeness (QED) is 0.678. The fraction of sp³-hybridized carbons (Fsp3) is 0. The van der Waals surface area contributed by atoms with Gasteiger partial charge in [-0.2, -0.15) is 0 Å². The van der Waals surface area contributed by atoms with Crippen LogP contribution in [0.1, 0.15) is 10.4 Å². The molecular weight excluding hydrogens is 388 g/mol. The number of hydrogen-bond donors (Lipinski definition) is 2. The summed E-state index contributed by atoms with van der Waals surface area (Å²) < 4.78 is 33.3. The van der Waals surface area contributed by atoms with E-state index in [1.807, 2.05) is 0 Å². The van der Waals surface area contributed by atoms with E-state index in [-0.39, 0.29) is 16.1 Å². The number of carbonyl (C=O) groups is 1. The fourth-order valence-corrected chi connectivity index (χ4v) is 4.03. The zero-order chi connectivity index (χ0) is 19.0. The van der Waals surface area contributed by atoms with Crippen LogP contribution in [0.4, 0.5) is 11.4 Å². The van der Waals surface area contributed by atoms with Crippen molar-refractivity contribution in [3.63, 3.8) is 0 Å². The van der Waals surface area contributed by atoms with E-state index in [1.54, 1.807) is 42.5 Å². The number of amides is 1. The summed E-state index contributed by atoms with van der Waals surface area (Å²) in [5.41, 5.74) is 0.996. The molecule has 1 amide bonds. The predicted molar refractivity (Wildman–Crippen MR) is 103 cm³/mol. The topological polar surface area (TPSA) is 84.5 Å². The highest BCUT2D eigenvalue weighted by Crippen LogP contribution is 2.36. The molecule has 0 aliphatic carbocycles. The van der Waals surface area contributed by atoms with Gasteiger partial charge in [0.25, 0.3) is 15.9 Å². The summed E-state index contributed by atoms with van der Waals surface area (Å²) in [6.45, 7) is 0. The van der Waals surface area contributed by atoms with Crippen molar-refractivity contribution in [3.05, 3.63) is 77.3 Å². The van der Waals surface area contributed by atoms with Gasteiger partial charge in [0.1, 0.15) is 5.75 Å². The van der Waals surface area contributed by atoms with Gasteiger partial charge in [0.15, 0.2) is 5.75 Å². The average molecular weight is 401 g/mol. The molecule has 1 aliphatic rings. The number of hydrogen-bond acceptors (Lipinski definition) is 4. The lowest BCUT2D eigenvalue weighted by atomic mass is 10.1. The maximum absolute atomic E-state index is 12.5. The molecule has 3 aromatic rings. The van der Waals surface area contributed by atoms with Crippen molar-refractivity contribution in [1.82, 2.24) is 0 Å². The van der Waals surface area contributed by atoms with Gasteiger partial charge in [0.2, 0.25) is 0 Å². The Bertz CT molecular complexity index is 1160. The number of ether oxygens (including phenoxy) is 1. The molecule has 136 valence electrons. The Kier molecular flexibility index (Phi) is 4.25. The minimum Gasteiger partial charge on any atom is -0.454 e. The van der Waals surface area contributed by atoms with Gasteiger partial charge in [0, 0.05) is 10.7 Å². The predicted octanol–water partition coefficient (Wildman–Crippen LogP) is 4.50. The molecule has 0 radical (unpaired) electrons. The third kappa shape index (κ3) is 3.47. The van der Waals surface area contributed by atoms with Crippen LogP contribution in [-0.2, 0) is 10.0 Å². The molecule has 1 heterocycles. The molecule has 3 aromatic carbocycles. The van der Waals surface area contributed by atoms with Crippen molar-refractivity contribution >= 4 is 38.9 Å². The number of anilines is 2. The summed E-state index contributed by atoms with van der Waals surface area (Å²) in [6, 6.07) is 17.5. The summed E-state index contributed by atoms with van der Waals surface area (Å²) in [6.07, 6.45) is 0. The monoisotopic (exact) mass is 400 g/mol. The maximum Gasteiger partial charge on any atom is 0.261 e. The Morgan fingerprint density at radius 2 is 1.74 bits per heavy atom. The van der Waals surface area contributed by atoms with Crippen LogP contribution in [-0.4, -0.2) is 14.3 Å². The molecule has 27 heavy (non-hydrogen) atoms. The van der Waals surface area contributed by atoms with Crippen LogP contribution in [0.15, 0.2) is 71.6 Å². The summed E-state index contributed by atoms with van der Waals surface area (Å²) in [7, 11) is -3.85. The third-order valence-corrected chi connectivity index (χ3v) is 5.55. The average Bonchev–Trinajstić information content (AvgIpc) is 2.77. The lowest BCUT2D eigenvalue weighted by molar-refractivity contribution is 0.102. The Balaban J connectivity index is 1.68. The van der Waals surface area contributed by atoms with Gasteiger partial charge in [-0.3, -0.25) is 9.52 Å². The fourth-order valence-electron chi connectivity index (χ4n) is 2.68. The highest BCUT2D eigenvalue weighted by Gasteiger charge is 2.22. The zero-order valence-corrected chi connectivity index (χ0v) is 15.3. The normalized spacial score (nSPS) is 12.9. The van der Waals surface area contributed by atoms with Crippen molar-refractivity contribution in [2.24, 2.45) is 0 Å². The molecule has 0 spiro atoms. The summed E-state index contributed by atoms with van der Waals surface area (Å²) in [4.78, 5) is 12.5. The van der Waals surface area contributed by atoms with E-state index in [2.05, 4.69) is 10.0 Å². The Labute approximate surface area is 160 Å². The molecule has 6 nitrogen and oxygen atoms in total. The lowest BCUT2D eigenvalue weighted by Crippen LogP contribution is -2.14. The summed E-state index contributed by atoms with van der Waals surface area (Å²) in [5, 5.41) is 3.06. The van der Waals surface area contributed by atoms with Crippen LogP contribution in [0.3, 0.4) is 0 Å². The molecule has 2 N–H and O–H groups in total.